The quantitative estimate of drug-likeness (QED) is 0.305. The van der Waals surface area contributed by atoms with Crippen molar-refractivity contribution < 1.29 is 29.2 Å². The maximum Gasteiger partial charge on any atom is 0.343 e. The number of benzene rings is 2. The summed E-state index contributed by atoms with van der Waals surface area (Å²) < 4.78 is 16.4. The van der Waals surface area contributed by atoms with Crippen molar-refractivity contribution in [1.82, 2.24) is 10.3 Å². The Balaban J connectivity index is 1.49. The first-order chi connectivity index (χ1) is 17.0. The molecule has 1 aromatic heterocycles. The van der Waals surface area contributed by atoms with E-state index in [1.807, 2.05) is 12.1 Å². The number of carbonyl (C=O) groups excluding carboxylic acids is 1. The van der Waals surface area contributed by atoms with E-state index in [0.717, 1.165) is 5.56 Å². The molecule has 0 fully saturated rings. The predicted octanol–water partition coefficient (Wildman–Crippen LogP) is 3.64. The Morgan fingerprint density at radius 1 is 1.11 bits per heavy atom. The second-order valence-corrected chi connectivity index (χ2v) is 8.17. The maximum absolute atomic E-state index is 12.1. The minimum atomic E-state index is -0.759. The molecular weight excluding hydrogens is 472 g/mol. The van der Waals surface area contributed by atoms with Gasteiger partial charge in [0.2, 0.25) is 5.88 Å². The van der Waals surface area contributed by atoms with Gasteiger partial charge in [-0.3, -0.25) is 0 Å². The maximum atomic E-state index is 12.1. The number of rotatable bonds is 13. The minimum Gasteiger partial charge on any atom is -0.491 e. The van der Waals surface area contributed by atoms with Gasteiger partial charge in [-0.25, -0.2) is 9.78 Å². The fraction of sp³-hybridized carbons (Fsp3) is 0.308. The van der Waals surface area contributed by atoms with Gasteiger partial charge in [0.1, 0.15) is 29.8 Å². The second kappa shape index (κ2) is 13.7. The highest BCUT2D eigenvalue weighted by molar-refractivity contribution is 6.30. The van der Waals surface area contributed by atoms with E-state index >= 15 is 0 Å². The molecule has 1 heterocycles. The summed E-state index contributed by atoms with van der Waals surface area (Å²) in [5, 5.41) is 23.7. The summed E-state index contributed by atoms with van der Waals surface area (Å²) >= 11 is 5.93. The monoisotopic (exact) mass is 500 g/mol. The predicted molar refractivity (Wildman–Crippen MR) is 132 cm³/mol. The summed E-state index contributed by atoms with van der Waals surface area (Å²) in [5.41, 5.74) is 1.21. The van der Waals surface area contributed by atoms with Crippen LogP contribution in [0.5, 0.6) is 17.4 Å². The van der Waals surface area contributed by atoms with Gasteiger partial charge in [-0.15, -0.1) is 0 Å². The number of esters is 1. The van der Waals surface area contributed by atoms with E-state index in [-0.39, 0.29) is 43.9 Å². The highest BCUT2D eigenvalue weighted by Crippen LogP contribution is 2.24. The van der Waals surface area contributed by atoms with Gasteiger partial charge < -0.3 is 29.7 Å². The van der Waals surface area contributed by atoms with Crippen molar-refractivity contribution >= 4 is 17.6 Å². The number of pyridine rings is 1. The Hall–Kier alpha value is -3.17. The number of carbonyl (C=O) groups is 1. The molecular formula is C26H29ClN2O6. The summed E-state index contributed by atoms with van der Waals surface area (Å²) in [6, 6.07) is 17.2. The fourth-order valence-electron chi connectivity index (χ4n) is 3.24. The van der Waals surface area contributed by atoms with E-state index in [1.54, 1.807) is 61.7 Å². The smallest absolute Gasteiger partial charge is 0.343 e. The molecule has 3 aromatic rings. The van der Waals surface area contributed by atoms with Crippen LogP contribution >= 0.6 is 11.6 Å². The molecule has 3 rings (SSSR count). The molecule has 0 saturated heterocycles. The normalized spacial score (nSPS) is 12.6. The largest absolute Gasteiger partial charge is 0.491 e. The van der Waals surface area contributed by atoms with Gasteiger partial charge in [0, 0.05) is 23.8 Å². The third-order valence-electron chi connectivity index (χ3n) is 4.99. The molecule has 0 saturated carbocycles. The highest BCUT2D eigenvalue weighted by atomic mass is 35.5. The number of nitrogens with one attached hydrogen (secondary N) is 1. The van der Waals surface area contributed by atoms with Crippen LogP contribution in [0.25, 0.3) is 0 Å². The SMILES string of the molecule is CCOC(=O)c1cccnc1Oc1ccc(C[C@@H](CO)NC[C@H](O)COc2cccc(Cl)c2)cc1. The lowest BCUT2D eigenvalue weighted by Gasteiger charge is -2.19. The van der Waals surface area contributed by atoms with Gasteiger partial charge >= 0.3 is 5.97 Å². The molecule has 0 aliphatic rings. The Labute approximate surface area is 209 Å². The van der Waals surface area contributed by atoms with Gasteiger partial charge in [-0.1, -0.05) is 29.8 Å². The first kappa shape index (κ1) is 26.4. The first-order valence-corrected chi connectivity index (χ1v) is 11.7. The molecule has 35 heavy (non-hydrogen) atoms. The molecule has 0 aliphatic heterocycles. The lowest BCUT2D eigenvalue weighted by molar-refractivity contribution is 0.0522. The van der Waals surface area contributed by atoms with Crippen molar-refractivity contribution in [3.8, 4) is 17.4 Å². The number of nitrogens with zero attached hydrogens (tertiary/aromatic N) is 1. The van der Waals surface area contributed by atoms with Crippen LogP contribution in [-0.4, -0.2) is 59.7 Å². The summed E-state index contributed by atoms with van der Waals surface area (Å²) in [5.74, 6) is 0.768. The Bertz CT molecular complexity index is 1080. The van der Waals surface area contributed by atoms with Crippen LogP contribution in [0.4, 0.5) is 0 Å². The van der Waals surface area contributed by atoms with Crippen LogP contribution in [0.2, 0.25) is 5.02 Å². The van der Waals surface area contributed by atoms with E-state index in [0.29, 0.717) is 22.9 Å². The Morgan fingerprint density at radius 2 is 1.91 bits per heavy atom. The van der Waals surface area contributed by atoms with Gasteiger partial charge in [0.05, 0.1) is 13.2 Å². The second-order valence-electron chi connectivity index (χ2n) is 7.74. The summed E-state index contributed by atoms with van der Waals surface area (Å²) in [6.45, 7) is 2.24. The molecule has 3 N–H and O–H groups in total. The number of aliphatic hydroxyl groups is 2. The van der Waals surface area contributed by atoms with E-state index in [2.05, 4.69) is 10.3 Å². The lowest BCUT2D eigenvalue weighted by atomic mass is 10.1. The van der Waals surface area contributed by atoms with Crippen molar-refractivity contribution in [2.45, 2.75) is 25.5 Å². The summed E-state index contributed by atoms with van der Waals surface area (Å²) in [7, 11) is 0. The van der Waals surface area contributed by atoms with E-state index in [1.165, 1.54) is 0 Å². The first-order valence-electron chi connectivity index (χ1n) is 11.3. The zero-order valence-corrected chi connectivity index (χ0v) is 20.1. The van der Waals surface area contributed by atoms with E-state index in [4.69, 9.17) is 25.8 Å². The molecule has 0 aliphatic carbocycles. The van der Waals surface area contributed by atoms with Crippen molar-refractivity contribution in [2.24, 2.45) is 0 Å². The van der Waals surface area contributed by atoms with Crippen LogP contribution in [0.15, 0.2) is 66.9 Å². The number of hydrogen-bond donors (Lipinski definition) is 3. The van der Waals surface area contributed by atoms with Crippen molar-refractivity contribution in [3.63, 3.8) is 0 Å². The van der Waals surface area contributed by atoms with Gasteiger partial charge in [-0.05, 0) is 61.4 Å². The molecule has 2 atom stereocenters. The molecule has 0 unspecified atom stereocenters. The lowest BCUT2D eigenvalue weighted by Crippen LogP contribution is -2.41. The van der Waals surface area contributed by atoms with Gasteiger partial charge in [0.25, 0.3) is 0 Å². The van der Waals surface area contributed by atoms with Crippen molar-refractivity contribution in [2.75, 3.05) is 26.4 Å². The number of ether oxygens (including phenoxy) is 3. The molecule has 186 valence electrons. The van der Waals surface area contributed by atoms with Crippen LogP contribution in [-0.2, 0) is 11.2 Å². The molecule has 9 heteroatoms. The van der Waals surface area contributed by atoms with Crippen molar-refractivity contribution in [3.05, 3.63) is 83.0 Å². The number of halogens is 1. The number of aliphatic hydroxyl groups excluding tert-OH is 2. The minimum absolute atomic E-state index is 0.0961. The summed E-state index contributed by atoms with van der Waals surface area (Å²) in [4.78, 5) is 16.2. The summed E-state index contributed by atoms with van der Waals surface area (Å²) in [6.07, 6.45) is 1.32. The number of hydrogen-bond acceptors (Lipinski definition) is 8. The molecule has 0 amide bonds. The average Bonchev–Trinajstić information content (AvgIpc) is 2.87. The van der Waals surface area contributed by atoms with Crippen LogP contribution in [0, 0.1) is 0 Å². The van der Waals surface area contributed by atoms with E-state index in [9.17, 15) is 15.0 Å². The molecule has 2 aromatic carbocycles. The number of aromatic nitrogens is 1. The average molecular weight is 501 g/mol. The van der Waals surface area contributed by atoms with Gasteiger partial charge in [0.15, 0.2) is 0 Å². The van der Waals surface area contributed by atoms with Crippen molar-refractivity contribution in [1.29, 1.82) is 0 Å². The third kappa shape index (κ3) is 8.52. The van der Waals surface area contributed by atoms with Gasteiger partial charge in [-0.2, -0.15) is 0 Å². The van der Waals surface area contributed by atoms with Crippen LogP contribution < -0.4 is 14.8 Å². The standard InChI is InChI=1S/C26H29ClN2O6/c1-2-33-26(32)24-7-4-12-28-25(24)35-22-10-8-18(9-11-22)13-20(16-30)29-15-21(31)17-34-23-6-3-5-19(27)14-23/h3-12,14,20-21,29-31H,2,13,15-17H2,1H3/t20-,21-/m0/s1. The molecule has 8 nitrogen and oxygen atoms in total. The van der Waals surface area contributed by atoms with Crippen LogP contribution in [0.1, 0.15) is 22.8 Å². The zero-order chi connectivity index (χ0) is 25.0. The molecule has 0 radical (unpaired) electrons. The Morgan fingerprint density at radius 3 is 2.63 bits per heavy atom. The zero-order valence-electron chi connectivity index (χ0n) is 19.4. The molecule has 0 bridgehead atoms. The third-order valence-corrected chi connectivity index (χ3v) is 5.22. The molecule has 0 spiro atoms. The Kier molecular flexibility index (Phi) is 10.3. The fourth-order valence-corrected chi connectivity index (χ4v) is 3.42. The van der Waals surface area contributed by atoms with Crippen LogP contribution in [0.3, 0.4) is 0 Å². The topological polar surface area (TPSA) is 110 Å². The van der Waals surface area contributed by atoms with E-state index < -0.39 is 12.1 Å². The highest BCUT2D eigenvalue weighted by Gasteiger charge is 2.16.